The molecule has 19 heavy (non-hydrogen) atoms. The van der Waals surface area contributed by atoms with Gasteiger partial charge in [0.15, 0.2) is 0 Å². The molecule has 4 heteroatoms. The lowest BCUT2D eigenvalue weighted by Gasteiger charge is -2.17. The van der Waals surface area contributed by atoms with Gasteiger partial charge in [-0.05, 0) is 31.4 Å². The zero-order valence-electron chi connectivity index (χ0n) is 11.6. The van der Waals surface area contributed by atoms with Crippen LogP contribution < -0.4 is 5.32 Å². The van der Waals surface area contributed by atoms with E-state index in [2.05, 4.69) is 12.2 Å². The van der Waals surface area contributed by atoms with Crippen molar-refractivity contribution in [2.24, 2.45) is 0 Å². The molecule has 2 N–H and O–H groups in total. The highest BCUT2D eigenvalue weighted by atomic mass is 16.4. The molecule has 1 rings (SSSR count). The molecular weight excluding hydrogens is 242 g/mol. The highest BCUT2D eigenvalue weighted by Crippen LogP contribution is 2.21. The lowest BCUT2D eigenvalue weighted by Crippen LogP contribution is -2.35. The fourth-order valence-corrected chi connectivity index (χ4v) is 1.91. The summed E-state index contributed by atoms with van der Waals surface area (Å²) in [6.45, 7) is 5.76. The standard InChI is InChI=1S/C15H21NO3/c1-4-11-5-7-12(8-6-11)13(9-14(17)18)15(19)16-10(2)3/h5-8,10,13H,4,9H2,1-3H3,(H,16,19)(H,17,18). The Kier molecular flexibility index (Phi) is 5.55. The second kappa shape index (κ2) is 6.92. The minimum atomic E-state index is -0.969. The van der Waals surface area contributed by atoms with E-state index in [1.807, 2.05) is 38.1 Å². The summed E-state index contributed by atoms with van der Waals surface area (Å²) in [6, 6.07) is 7.55. The van der Waals surface area contributed by atoms with Gasteiger partial charge >= 0.3 is 5.97 Å². The van der Waals surface area contributed by atoms with E-state index >= 15 is 0 Å². The predicted molar refractivity (Wildman–Crippen MR) is 74.1 cm³/mol. The topological polar surface area (TPSA) is 66.4 Å². The van der Waals surface area contributed by atoms with Crippen molar-refractivity contribution in [1.29, 1.82) is 0 Å². The molecule has 0 heterocycles. The van der Waals surface area contributed by atoms with Gasteiger partial charge in [0.2, 0.25) is 5.91 Å². The summed E-state index contributed by atoms with van der Waals surface area (Å²) in [5, 5.41) is 11.7. The molecule has 0 aromatic heterocycles. The molecule has 1 aromatic carbocycles. The van der Waals surface area contributed by atoms with E-state index in [4.69, 9.17) is 5.11 Å². The SMILES string of the molecule is CCc1ccc(C(CC(=O)O)C(=O)NC(C)C)cc1. The van der Waals surface area contributed by atoms with Crippen molar-refractivity contribution in [1.82, 2.24) is 5.32 Å². The Morgan fingerprint density at radius 1 is 1.21 bits per heavy atom. The van der Waals surface area contributed by atoms with Gasteiger partial charge in [0.05, 0.1) is 12.3 Å². The maximum atomic E-state index is 12.1. The van der Waals surface area contributed by atoms with E-state index in [0.29, 0.717) is 0 Å². The van der Waals surface area contributed by atoms with Crippen molar-refractivity contribution in [2.45, 2.75) is 45.6 Å². The molecule has 1 atom stereocenters. The van der Waals surface area contributed by atoms with Crippen LogP contribution in [-0.4, -0.2) is 23.0 Å². The number of carboxylic acid groups (broad SMARTS) is 1. The fourth-order valence-electron chi connectivity index (χ4n) is 1.91. The minimum absolute atomic E-state index is 0.00119. The van der Waals surface area contributed by atoms with Crippen LogP contribution in [0.3, 0.4) is 0 Å². The van der Waals surface area contributed by atoms with Gasteiger partial charge in [-0.25, -0.2) is 0 Å². The van der Waals surface area contributed by atoms with E-state index in [-0.39, 0.29) is 18.4 Å². The fraction of sp³-hybridized carbons (Fsp3) is 0.467. The summed E-state index contributed by atoms with van der Waals surface area (Å²) < 4.78 is 0. The summed E-state index contributed by atoms with van der Waals surface area (Å²) in [5.74, 6) is -1.84. The second-order valence-electron chi connectivity index (χ2n) is 4.91. The molecule has 104 valence electrons. The van der Waals surface area contributed by atoms with Gasteiger partial charge in [0, 0.05) is 6.04 Å². The Morgan fingerprint density at radius 3 is 2.21 bits per heavy atom. The number of aryl methyl sites for hydroxylation is 1. The number of amides is 1. The van der Waals surface area contributed by atoms with Crippen LogP contribution in [0.2, 0.25) is 0 Å². The van der Waals surface area contributed by atoms with Crippen LogP contribution >= 0.6 is 0 Å². The molecule has 0 spiro atoms. The van der Waals surface area contributed by atoms with Crippen molar-refractivity contribution in [3.8, 4) is 0 Å². The number of carboxylic acids is 1. The first-order valence-electron chi connectivity index (χ1n) is 6.55. The lowest BCUT2D eigenvalue weighted by molar-refractivity contribution is -0.139. The maximum Gasteiger partial charge on any atom is 0.304 e. The third-order valence-corrected chi connectivity index (χ3v) is 2.92. The van der Waals surface area contributed by atoms with E-state index in [0.717, 1.165) is 12.0 Å². The van der Waals surface area contributed by atoms with Crippen LogP contribution in [0.4, 0.5) is 0 Å². The number of hydrogen-bond acceptors (Lipinski definition) is 2. The number of carbonyl (C=O) groups excluding carboxylic acids is 1. The van der Waals surface area contributed by atoms with Gasteiger partial charge in [0.1, 0.15) is 0 Å². The third kappa shape index (κ3) is 4.73. The molecule has 0 aliphatic rings. The average molecular weight is 263 g/mol. The number of carbonyl (C=O) groups is 2. The molecule has 0 saturated carbocycles. The molecule has 0 fully saturated rings. The van der Waals surface area contributed by atoms with Gasteiger partial charge in [-0.2, -0.15) is 0 Å². The summed E-state index contributed by atoms with van der Waals surface area (Å²) in [4.78, 5) is 23.0. The Hall–Kier alpha value is -1.84. The molecule has 0 aliphatic heterocycles. The second-order valence-corrected chi connectivity index (χ2v) is 4.91. The molecule has 1 aromatic rings. The van der Waals surface area contributed by atoms with E-state index in [9.17, 15) is 9.59 Å². The highest BCUT2D eigenvalue weighted by Gasteiger charge is 2.23. The molecular formula is C15H21NO3. The van der Waals surface area contributed by atoms with Crippen LogP contribution in [-0.2, 0) is 16.0 Å². The molecule has 1 unspecified atom stereocenters. The Balaban J connectivity index is 2.94. The van der Waals surface area contributed by atoms with E-state index < -0.39 is 11.9 Å². The molecule has 1 amide bonds. The largest absolute Gasteiger partial charge is 0.481 e. The number of nitrogens with one attached hydrogen (secondary N) is 1. The number of aliphatic carboxylic acids is 1. The first-order valence-corrected chi connectivity index (χ1v) is 6.55. The Bertz CT molecular complexity index is 437. The highest BCUT2D eigenvalue weighted by molar-refractivity contribution is 5.87. The predicted octanol–water partition coefficient (Wildman–Crippen LogP) is 2.33. The van der Waals surface area contributed by atoms with E-state index in [1.165, 1.54) is 5.56 Å². The van der Waals surface area contributed by atoms with Gasteiger partial charge in [-0.15, -0.1) is 0 Å². The number of rotatable bonds is 6. The summed E-state index contributed by atoms with van der Waals surface area (Å²) in [6.07, 6.45) is 0.728. The van der Waals surface area contributed by atoms with Crippen molar-refractivity contribution in [2.75, 3.05) is 0 Å². The van der Waals surface area contributed by atoms with Crippen LogP contribution in [0.5, 0.6) is 0 Å². The van der Waals surface area contributed by atoms with Crippen molar-refractivity contribution in [3.05, 3.63) is 35.4 Å². The van der Waals surface area contributed by atoms with Gasteiger partial charge < -0.3 is 10.4 Å². The molecule has 0 saturated heterocycles. The first kappa shape index (κ1) is 15.2. The molecule has 0 radical (unpaired) electrons. The van der Waals surface area contributed by atoms with Gasteiger partial charge in [0.25, 0.3) is 0 Å². The van der Waals surface area contributed by atoms with E-state index in [1.54, 1.807) is 0 Å². The van der Waals surface area contributed by atoms with Crippen LogP contribution in [0, 0.1) is 0 Å². The van der Waals surface area contributed by atoms with Crippen molar-refractivity contribution < 1.29 is 14.7 Å². The first-order chi connectivity index (χ1) is 8.93. The zero-order valence-corrected chi connectivity index (χ0v) is 11.6. The Labute approximate surface area is 113 Å². The van der Waals surface area contributed by atoms with Gasteiger partial charge in [-0.3, -0.25) is 9.59 Å². The average Bonchev–Trinajstić information content (AvgIpc) is 2.35. The summed E-state index contributed by atoms with van der Waals surface area (Å²) in [7, 11) is 0. The smallest absolute Gasteiger partial charge is 0.304 e. The zero-order chi connectivity index (χ0) is 14.4. The van der Waals surface area contributed by atoms with Crippen LogP contribution in [0.15, 0.2) is 24.3 Å². The van der Waals surface area contributed by atoms with Gasteiger partial charge in [-0.1, -0.05) is 31.2 Å². The summed E-state index contributed by atoms with van der Waals surface area (Å²) in [5.41, 5.74) is 1.92. The molecule has 0 bridgehead atoms. The lowest BCUT2D eigenvalue weighted by atomic mass is 9.93. The number of benzene rings is 1. The van der Waals surface area contributed by atoms with Crippen LogP contribution in [0.1, 0.15) is 44.2 Å². The third-order valence-electron chi connectivity index (χ3n) is 2.92. The monoisotopic (exact) mass is 263 g/mol. The summed E-state index contributed by atoms with van der Waals surface area (Å²) >= 11 is 0. The van der Waals surface area contributed by atoms with Crippen molar-refractivity contribution in [3.63, 3.8) is 0 Å². The Morgan fingerprint density at radius 2 is 1.79 bits per heavy atom. The van der Waals surface area contributed by atoms with Crippen LogP contribution in [0.25, 0.3) is 0 Å². The quantitative estimate of drug-likeness (QED) is 0.827. The normalized spacial score (nSPS) is 12.2. The maximum absolute atomic E-state index is 12.1. The van der Waals surface area contributed by atoms with Crippen molar-refractivity contribution >= 4 is 11.9 Å². The number of hydrogen-bond donors (Lipinski definition) is 2. The molecule has 0 aliphatic carbocycles. The molecule has 4 nitrogen and oxygen atoms in total. The minimum Gasteiger partial charge on any atom is -0.481 e.